The molecule has 2 rings (SSSR count). The van der Waals surface area contributed by atoms with Gasteiger partial charge in [-0.15, -0.1) is 0 Å². The molecule has 1 aromatic carbocycles. The van der Waals surface area contributed by atoms with Crippen molar-refractivity contribution in [2.45, 2.75) is 51.9 Å². The Balaban J connectivity index is 2.51. The van der Waals surface area contributed by atoms with Gasteiger partial charge in [-0.3, -0.25) is 0 Å². The van der Waals surface area contributed by atoms with Crippen LogP contribution >= 0.6 is 0 Å². The molecule has 25 heavy (non-hydrogen) atoms. The van der Waals surface area contributed by atoms with Crippen molar-refractivity contribution in [1.29, 1.82) is 0 Å². The number of hydrogen-bond acceptors (Lipinski definition) is 5. The molecule has 0 atom stereocenters. The Hall–Kier alpha value is -2.15. The van der Waals surface area contributed by atoms with E-state index in [0.717, 1.165) is 9.65 Å². The van der Waals surface area contributed by atoms with Gasteiger partial charge in [0.25, 0.3) is 10.0 Å². The maximum Gasteiger partial charge on any atom is 0.341 e. The summed E-state index contributed by atoms with van der Waals surface area (Å²) in [7, 11) is -3.88. The normalized spacial score (nSPS) is 12.2. The van der Waals surface area contributed by atoms with Crippen LogP contribution in [0, 0.1) is 13.8 Å². The molecular weight excluding hydrogens is 340 g/mol. The van der Waals surface area contributed by atoms with E-state index in [0.29, 0.717) is 5.69 Å². The monoisotopic (exact) mass is 364 g/mol. The van der Waals surface area contributed by atoms with Gasteiger partial charge in [0.05, 0.1) is 22.9 Å². The van der Waals surface area contributed by atoms with Crippen LogP contribution in [-0.2, 0) is 20.2 Å². The molecule has 0 aliphatic rings. The Labute approximate surface area is 148 Å². The number of benzene rings is 1. The minimum absolute atomic E-state index is 0.0718. The molecule has 0 amide bonds. The first-order valence-electron chi connectivity index (χ1n) is 8.09. The predicted molar refractivity (Wildman–Crippen MR) is 95.4 cm³/mol. The zero-order valence-electron chi connectivity index (χ0n) is 15.5. The SMILES string of the molecule is CCOC(=O)c1c(C)nn(S(=O)(=O)c2ccc(C(C)(C)C)cc2)c1C. The number of carbonyl (C=O) groups is 1. The molecule has 0 saturated carbocycles. The number of nitrogens with zero attached hydrogens (tertiary/aromatic N) is 2. The van der Waals surface area contributed by atoms with Crippen LogP contribution in [0.5, 0.6) is 0 Å². The topological polar surface area (TPSA) is 78.3 Å². The van der Waals surface area contributed by atoms with E-state index >= 15 is 0 Å². The van der Waals surface area contributed by atoms with Crippen molar-refractivity contribution < 1.29 is 17.9 Å². The zero-order chi connectivity index (χ0) is 19.0. The van der Waals surface area contributed by atoms with E-state index in [1.807, 2.05) is 0 Å². The summed E-state index contributed by atoms with van der Waals surface area (Å²) in [5.41, 5.74) is 1.72. The second-order valence-corrected chi connectivity index (χ2v) is 8.66. The van der Waals surface area contributed by atoms with Crippen LogP contribution in [0.4, 0.5) is 0 Å². The number of rotatable bonds is 4. The van der Waals surface area contributed by atoms with Crippen molar-refractivity contribution in [3.05, 3.63) is 46.8 Å². The summed E-state index contributed by atoms with van der Waals surface area (Å²) < 4.78 is 31.7. The summed E-state index contributed by atoms with van der Waals surface area (Å²) in [4.78, 5) is 12.2. The first-order chi connectivity index (χ1) is 11.5. The lowest BCUT2D eigenvalue weighted by molar-refractivity contribution is 0.0524. The highest BCUT2D eigenvalue weighted by molar-refractivity contribution is 7.89. The molecule has 0 bridgehead atoms. The van der Waals surface area contributed by atoms with Gasteiger partial charge in [0, 0.05) is 0 Å². The fourth-order valence-corrected chi connectivity index (χ4v) is 3.94. The molecule has 136 valence electrons. The second kappa shape index (κ2) is 6.63. The van der Waals surface area contributed by atoms with Crippen molar-refractivity contribution >= 4 is 16.0 Å². The Morgan fingerprint density at radius 3 is 2.20 bits per heavy atom. The van der Waals surface area contributed by atoms with E-state index in [2.05, 4.69) is 25.9 Å². The lowest BCUT2D eigenvalue weighted by Crippen LogP contribution is -2.18. The van der Waals surface area contributed by atoms with Gasteiger partial charge >= 0.3 is 5.97 Å². The molecule has 0 fully saturated rings. The van der Waals surface area contributed by atoms with Gasteiger partial charge in [-0.1, -0.05) is 32.9 Å². The smallest absolute Gasteiger partial charge is 0.341 e. The predicted octanol–water partition coefficient (Wildman–Crippen LogP) is 3.21. The number of esters is 1. The van der Waals surface area contributed by atoms with E-state index < -0.39 is 16.0 Å². The Kier molecular flexibility index (Phi) is 5.09. The fraction of sp³-hybridized carbons (Fsp3) is 0.444. The molecule has 1 heterocycles. The molecule has 0 aliphatic carbocycles. The summed E-state index contributed by atoms with van der Waals surface area (Å²) >= 11 is 0. The minimum atomic E-state index is -3.88. The van der Waals surface area contributed by atoms with Crippen LogP contribution in [0.15, 0.2) is 29.2 Å². The third-order valence-corrected chi connectivity index (χ3v) is 5.66. The second-order valence-electron chi connectivity index (χ2n) is 6.89. The average Bonchev–Trinajstić information content (AvgIpc) is 2.82. The zero-order valence-corrected chi connectivity index (χ0v) is 16.3. The van der Waals surface area contributed by atoms with Gasteiger partial charge < -0.3 is 4.74 Å². The van der Waals surface area contributed by atoms with E-state index in [1.165, 1.54) is 0 Å². The Morgan fingerprint density at radius 2 is 1.72 bits per heavy atom. The van der Waals surface area contributed by atoms with Gasteiger partial charge in [-0.05, 0) is 43.9 Å². The third kappa shape index (κ3) is 3.61. The van der Waals surface area contributed by atoms with Crippen molar-refractivity contribution in [1.82, 2.24) is 9.19 Å². The minimum Gasteiger partial charge on any atom is -0.462 e. The Morgan fingerprint density at radius 1 is 1.16 bits per heavy atom. The van der Waals surface area contributed by atoms with E-state index in [1.54, 1.807) is 45.0 Å². The molecule has 0 aliphatic heterocycles. The largest absolute Gasteiger partial charge is 0.462 e. The number of aryl methyl sites for hydroxylation is 1. The van der Waals surface area contributed by atoms with E-state index in [4.69, 9.17) is 4.74 Å². The molecular formula is C18H24N2O4S. The molecule has 0 saturated heterocycles. The molecule has 0 unspecified atom stereocenters. The molecule has 0 spiro atoms. The van der Waals surface area contributed by atoms with Crippen molar-refractivity contribution in [3.8, 4) is 0 Å². The van der Waals surface area contributed by atoms with Crippen LogP contribution < -0.4 is 0 Å². The first kappa shape index (κ1) is 19.2. The van der Waals surface area contributed by atoms with E-state index in [-0.39, 0.29) is 28.2 Å². The lowest BCUT2D eigenvalue weighted by atomic mass is 9.87. The van der Waals surface area contributed by atoms with Gasteiger partial charge in [0.1, 0.15) is 5.56 Å². The number of aromatic nitrogens is 2. The highest BCUT2D eigenvalue weighted by Crippen LogP contribution is 2.25. The summed E-state index contributed by atoms with van der Waals surface area (Å²) in [6.07, 6.45) is 0. The van der Waals surface area contributed by atoms with Crippen molar-refractivity contribution in [3.63, 3.8) is 0 Å². The summed E-state index contributed by atoms with van der Waals surface area (Å²) in [6.45, 7) is 11.2. The molecule has 1 aromatic heterocycles. The summed E-state index contributed by atoms with van der Waals surface area (Å²) in [5.74, 6) is -0.568. The standard InChI is InChI=1S/C18H24N2O4S/c1-7-24-17(21)16-12(2)19-20(13(16)3)25(22,23)15-10-8-14(9-11-15)18(4,5)6/h8-11H,7H2,1-6H3. The third-order valence-electron chi connectivity index (χ3n) is 3.98. The van der Waals surface area contributed by atoms with Gasteiger partial charge in [0.2, 0.25) is 0 Å². The first-order valence-corrected chi connectivity index (χ1v) is 9.53. The molecule has 2 aromatic rings. The van der Waals surface area contributed by atoms with Crippen LogP contribution in [0.3, 0.4) is 0 Å². The van der Waals surface area contributed by atoms with Crippen LogP contribution in [-0.4, -0.2) is 30.2 Å². The van der Waals surface area contributed by atoms with Crippen molar-refractivity contribution in [2.24, 2.45) is 0 Å². The number of carbonyl (C=O) groups excluding carboxylic acids is 1. The highest BCUT2D eigenvalue weighted by atomic mass is 32.2. The maximum absolute atomic E-state index is 12.9. The maximum atomic E-state index is 12.9. The quantitative estimate of drug-likeness (QED) is 0.779. The Bertz CT molecular complexity index is 888. The average molecular weight is 364 g/mol. The molecule has 6 nitrogen and oxygen atoms in total. The van der Waals surface area contributed by atoms with Crippen LogP contribution in [0.25, 0.3) is 0 Å². The molecule has 0 radical (unpaired) electrons. The van der Waals surface area contributed by atoms with Crippen LogP contribution in [0.1, 0.15) is 55.0 Å². The molecule has 0 N–H and O–H groups in total. The lowest BCUT2D eigenvalue weighted by Gasteiger charge is -2.19. The fourth-order valence-electron chi connectivity index (χ4n) is 2.58. The van der Waals surface area contributed by atoms with E-state index in [9.17, 15) is 13.2 Å². The van der Waals surface area contributed by atoms with Crippen LogP contribution in [0.2, 0.25) is 0 Å². The van der Waals surface area contributed by atoms with Gasteiger partial charge in [0.15, 0.2) is 0 Å². The summed E-state index contributed by atoms with van der Waals surface area (Å²) in [5, 5.41) is 4.06. The summed E-state index contributed by atoms with van der Waals surface area (Å²) in [6, 6.07) is 6.72. The number of hydrogen-bond donors (Lipinski definition) is 0. The highest BCUT2D eigenvalue weighted by Gasteiger charge is 2.27. The van der Waals surface area contributed by atoms with Crippen molar-refractivity contribution in [2.75, 3.05) is 6.61 Å². The number of ether oxygens (including phenoxy) is 1. The molecule has 7 heteroatoms. The van der Waals surface area contributed by atoms with Gasteiger partial charge in [-0.25, -0.2) is 4.79 Å². The van der Waals surface area contributed by atoms with Gasteiger partial charge in [-0.2, -0.15) is 17.6 Å².